The Labute approximate surface area is 119 Å². The number of nitrogens with zero attached hydrogens (tertiary/aromatic N) is 1. The number of nitro groups is 1. The molecule has 0 atom stereocenters. The maximum absolute atomic E-state index is 12.3. The molecule has 0 unspecified atom stereocenters. The number of carboxylic acid groups (broad SMARTS) is 1. The van der Waals surface area contributed by atoms with Gasteiger partial charge >= 0.3 is 5.97 Å². The third-order valence-corrected chi connectivity index (χ3v) is 3.36. The number of nitrogens with one attached hydrogen (secondary N) is 1. The van der Waals surface area contributed by atoms with Crippen LogP contribution in [0, 0.1) is 15.5 Å². The van der Waals surface area contributed by atoms with Gasteiger partial charge in [0.25, 0.3) is 5.69 Å². The first-order valence-electron chi connectivity index (χ1n) is 6.25. The fourth-order valence-electron chi connectivity index (χ4n) is 2.11. The van der Waals surface area contributed by atoms with Crippen molar-refractivity contribution in [2.24, 2.45) is 5.41 Å². The first kappa shape index (κ1) is 14.7. The standard InChI is InChI=1S/C14H14N2O5/c1-14(2,13(18)19)6-11(17)8-7-15-9-4-3-5-10(12(8)9)16(20)21/h3-5,7,15H,6H2,1-2H3,(H,18,19). The number of carboxylic acids is 1. The minimum absolute atomic E-state index is 0.145. The highest BCUT2D eigenvalue weighted by Gasteiger charge is 2.32. The van der Waals surface area contributed by atoms with E-state index in [1.807, 2.05) is 0 Å². The summed E-state index contributed by atoms with van der Waals surface area (Å²) in [6, 6.07) is 4.46. The van der Waals surface area contributed by atoms with E-state index in [0.29, 0.717) is 5.52 Å². The maximum Gasteiger partial charge on any atom is 0.309 e. The first-order chi connectivity index (χ1) is 9.74. The molecular weight excluding hydrogens is 276 g/mol. The molecule has 0 aliphatic rings. The highest BCUT2D eigenvalue weighted by atomic mass is 16.6. The number of fused-ring (bicyclic) bond motifs is 1. The van der Waals surface area contributed by atoms with E-state index in [9.17, 15) is 19.7 Å². The second-order valence-electron chi connectivity index (χ2n) is 5.45. The van der Waals surface area contributed by atoms with E-state index in [1.165, 1.54) is 32.2 Å². The van der Waals surface area contributed by atoms with E-state index in [1.54, 1.807) is 6.07 Å². The van der Waals surface area contributed by atoms with E-state index < -0.39 is 22.1 Å². The molecule has 110 valence electrons. The molecule has 0 spiro atoms. The van der Waals surface area contributed by atoms with Crippen LogP contribution in [0.3, 0.4) is 0 Å². The quantitative estimate of drug-likeness (QED) is 0.499. The average Bonchev–Trinajstić information content (AvgIpc) is 2.81. The van der Waals surface area contributed by atoms with Crippen molar-refractivity contribution >= 4 is 28.3 Å². The van der Waals surface area contributed by atoms with Crippen LogP contribution in [-0.4, -0.2) is 26.8 Å². The number of Topliss-reactive ketones (excluding diaryl/α,β-unsaturated/α-hetero) is 1. The van der Waals surface area contributed by atoms with Gasteiger partial charge in [-0.3, -0.25) is 19.7 Å². The zero-order valence-corrected chi connectivity index (χ0v) is 11.5. The summed E-state index contributed by atoms with van der Waals surface area (Å²) >= 11 is 0. The van der Waals surface area contributed by atoms with Crippen LogP contribution in [0.5, 0.6) is 0 Å². The summed E-state index contributed by atoms with van der Waals surface area (Å²) in [6.45, 7) is 2.88. The molecule has 7 heteroatoms. The Bertz CT molecular complexity index is 745. The van der Waals surface area contributed by atoms with Crippen LogP contribution in [0.25, 0.3) is 10.9 Å². The van der Waals surface area contributed by atoms with Crippen LogP contribution >= 0.6 is 0 Å². The van der Waals surface area contributed by atoms with Crippen LogP contribution in [0.4, 0.5) is 5.69 Å². The molecule has 2 N–H and O–H groups in total. The summed E-state index contributed by atoms with van der Waals surface area (Å²) < 4.78 is 0. The maximum atomic E-state index is 12.3. The lowest BCUT2D eigenvalue weighted by Gasteiger charge is -2.17. The Balaban J connectivity index is 2.50. The Morgan fingerprint density at radius 2 is 2.05 bits per heavy atom. The second-order valence-corrected chi connectivity index (χ2v) is 5.45. The first-order valence-corrected chi connectivity index (χ1v) is 6.25. The van der Waals surface area contributed by atoms with Crippen LogP contribution in [0.15, 0.2) is 24.4 Å². The number of aromatic amines is 1. The zero-order chi connectivity index (χ0) is 15.8. The fraction of sp³-hybridized carbons (Fsp3) is 0.286. The Morgan fingerprint density at radius 3 is 2.62 bits per heavy atom. The number of H-pyrrole nitrogens is 1. The van der Waals surface area contributed by atoms with Crippen LogP contribution in [0.1, 0.15) is 30.6 Å². The Kier molecular flexibility index (Phi) is 3.51. The predicted octanol–water partition coefficient (Wildman–Crippen LogP) is 2.76. The van der Waals surface area contributed by atoms with Crippen molar-refractivity contribution in [1.29, 1.82) is 0 Å². The van der Waals surface area contributed by atoms with Crippen molar-refractivity contribution in [2.75, 3.05) is 0 Å². The van der Waals surface area contributed by atoms with Gasteiger partial charge in [0.2, 0.25) is 0 Å². The van der Waals surface area contributed by atoms with Gasteiger partial charge in [0.15, 0.2) is 5.78 Å². The normalized spacial score (nSPS) is 11.5. The molecule has 0 saturated heterocycles. The Morgan fingerprint density at radius 1 is 1.38 bits per heavy atom. The lowest BCUT2D eigenvalue weighted by molar-refractivity contribution is -0.383. The summed E-state index contributed by atoms with van der Waals surface area (Å²) in [6.07, 6.45) is 1.15. The van der Waals surface area contributed by atoms with Crippen LogP contribution < -0.4 is 0 Å². The summed E-state index contributed by atoms with van der Waals surface area (Å²) in [5.41, 5.74) is -0.790. The molecule has 1 heterocycles. The van der Waals surface area contributed by atoms with Crippen molar-refractivity contribution in [3.63, 3.8) is 0 Å². The highest BCUT2D eigenvalue weighted by molar-refractivity contribution is 6.11. The van der Waals surface area contributed by atoms with Crippen LogP contribution in [0.2, 0.25) is 0 Å². The molecule has 0 amide bonds. The molecule has 0 radical (unpaired) electrons. The van der Waals surface area contributed by atoms with Gasteiger partial charge in [-0.2, -0.15) is 0 Å². The van der Waals surface area contributed by atoms with Gasteiger partial charge in [0.1, 0.15) is 0 Å². The molecule has 7 nitrogen and oxygen atoms in total. The van der Waals surface area contributed by atoms with Crippen LogP contribution in [-0.2, 0) is 4.79 Å². The van der Waals surface area contributed by atoms with Gasteiger partial charge in [0, 0.05) is 24.2 Å². The van der Waals surface area contributed by atoms with E-state index >= 15 is 0 Å². The van der Waals surface area contributed by atoms with Gasteiger partial charge in [-0.1, -0.05) is 6.07 Å². The molecule has 2 rings (SSSR count). The van der Waals surface area contributed by atoms with E-state index in [-0.39, 0.29) is 23.1 Å². The summed E-state index contributed by atoms with van der Waals surface area (Å²) in [5.74, 6) is -1.53. The van der Waals surface area contributed by atoms with Gasteiger partial charge < -0.3 is 10.1 Å². The molecule has 21 heavy (non-hydrogen) atoms. The molecule has 0 fully saturated rings. The highest BCUT2D eigenvalue weighted by Crippen LogP contribution is 2.31. The molecule has 2 aromatic rings. The lowest BCUT2D eigenvalue weighted by atomic mass is 9.85. The summed E-state index contributed by atoms with van der Waals surface area (Å²) in [7, 11) is 0. The van der Waals surface area contributed by atoms with Gasteiger partial charge in [-0.05, 0) is 19.9 Å². The number of rotatable bonds is 5. The lowest BCUT2D eigenvalue weighted by Crippen LogP contribution is -2.26. The molecular formula is C14H14N2O5. The minimum atomic E-state index is -1.23. The molecule has 0 aliphatic heterocycles. The number of carbonyl (C=O) groups excluding carboxylic acids is 1. The smallest absolute Gasteiger partial charge is 0.309 e. The van der Waals surface area contributed by atoms with Crippen molar-refractivity contribution in [3.8, 4) is 0 Å². The Hall–Kier alpha value is -2.70. The topological polar surface area (TPSA) is 113 Å². The van der Waals surface area contributed by atoms with Gasteiger partial charge in [0.05, 0.1) is 21.2 Å². The molecule has 1 aromatic heterocycles. The zero-order valence-electron chi connectivity index (χ0n) is 11.5. The third-order valence-electron chi connectivity index (χ3n) is 3.36. The van der Waals surface area contributed by atoms with Gasteiger partial charge in [-0.15, -0.1) is 0 Å². The third kappa shape index (κ3) is 2.62. The number of aliphatic carboxylic acids is 1. The summed E-state index contributed by atoms with van der Waals surface area (Å²) in [5, 5.41) is 20.4. The van der Waals surface area contributed by atoms with E-state index in [4.69, 9.17) is 5.11 Å². The number of carbonyl (C=O) groups is 2. The number of hydrogen-bond acceptors (Lipinski definition) is 4. The summed E-state index contributed by atoms with van der Waals surface area (Å²) in [4.78, 5) is 36.7. The number of benzene rings is 1. The number of ketones is 1. The van der Waals surface area contributed by atoms with E-state index in [2.05, 4.69) is 4.98 Å². The monoisotopic (exact) mass is 290 g/mol. The molecule has 0 bridgehead atoms. The molecule has 0 saturated carbocycles. The molecule has 0 aliphatic carbocycles. The number of aromatic nitrogens is 1. The molecule has 1 aromatic carbocycles. The second kappa shape index (κ2) is 5.01. The number of nitro benzene ring substituents is 1. The van der Waals surface area contributed by atoms with Crippen molar-refractivity contribution in [1.82, 2.24) is 4.98 Å². The average molecular weight is 290 g/mol. The van der Waals surface area contributed by atoms with Gasteiger partial charge in [-0.25, -0.2) is 0 Å². The number of hydrogen-bond donors (Lipinski definition) is 2. The largest absolute Gasteiger partial charge is 0.481 e. The SMILES string of the molecule is CC(C)(CC(=O)c1c[nH]c2cccc([N+](=O)[O-])c12)C(=O)O. The van der Waals surface area contributed by atoms with Crippen molar-refractivity contribution in [3.05, 3.63) is 40.1 Å². The van der Waals surface area contributed by atoms with Crippen molar-refractivity contribution in [2.45, 2.75) is 20.3 Å². The van der Waals surface area contributed by atoms with Crippen molar-refractivity contribution < 1.29 is 19.6 Å². The van der Waals surface area contributed by atoms with E-state index in [0.717, 1.165) is 0 Å². The number of non-ortho nitro benzene ring substituents is 1. The minimum Gasteiger partial charge on any atom is -0.481 e. The fourth-order valence-corrected chi connectivity index (χ4v) is 2.11. The predicted molar refractivity (Wildman–Crippen MR) is 75.3 cm³/mol.